The largest absolute Gasteiger partial charge is 0.497 e. The molecule has 0 atom stereocenters. The van der Waals surface area contributed by atoms with E-state index in [0.717, 1.165) is 41.8 Å². The smallest absolute Gasteiger partial charge is 0.144 e. The van der Waals surface area contributed by atoms with E-state index in [4.69, 9.17) is 9.26 Å². The van der Waals surface area contributed by atoms with E-state index < -0.39 is 0 Å². The van der Waals surface area contributed by atoms with Gasteiger partial charge in [-0.15, -0.1) is 0 Å². The Labute approximate surface area is 94.6 Å². The van der Waals surface area contributed by atoms with E-state index in [1.807, 2.05) is 25.2 Å². The van der Waals surface area contributed by atoms with Crippen molar-refractivity contribution in [3.05, 3.63) is 24.0 Å². The second-order valence-corrected chi connectivity index (χ2v) is 3.70. The molecule has 0 amide bonds. The number of nitrogens with zero attached hydrogens (tertiary/aromatic N) is 1. The normalized spacial score (nSPS) is 10.9. The lowest BCUT2D eigenvalue weighted by Gasteiger charge is -1.98. The van der Waals surface area contributed by atoms with Crippen LogP contribution < -0.4 is 10.1 Å². The van der Waals surface area contributed by atoms with E-state index in [1.165, 1.54) is 0 Å². The quantitative estimate of drug-likeness (QED) is 0.783. The van der Waals surface area contributed by atoms with Crippen molar-refractivity contribution in [3.8, 4) is 5.75 Å². The van der Waals surface area contributed by atoms with Gasteiger partial charge in [-0.25, -0.2) is 0 Å². The van der Waals surface area contributed by atoms with Crippen LogP contribution in [0.3, 0.4) is 0 Å². The molecule has 0 radical (unpaired) electrons. The highest BCUT2D eigenvalue weighted by molar-refractivity contribution is 5.81. The van der Waals surface area contributed by atoms with Crippen LogP contribution in [0.2, 0.25) is 0 Å². The summed E-state index contributed by atoms with van der Waals surface area (Å²) in [6.07, 6.45) is 1.95. The molecule has 0 unspecified atom stereocenters. The monoisotopic (exact) mass is 220 g/mol. The van der Waals surface area contributed by atoms with Gasteiger partial charge in [-0.3, -0.25) is 0 Å². The Bertz CT molecular complexity index is 465. The van der Waals surface area contributed by atoms with Crippen molar-refractivity contribution < 1.29 is 9.26 Å². The Balaban J connectivity index is 2.20. The van der Waals surface area contributed by atoms with Crippen LogP contribution in [-0.4, -0.2) is 25.9 Å². The van der Waals surface area contributed by atoms with Crippen LogP contribution in [0.4, 0.5) is 0 Å². The zero-order valence-electron chi connectivity index (χ0n) is 9.62. The summed E-state index contributed by atoms with van der Waals surface area (Å²) in [5.41, 5.74) is 0.860. The van der Waals surface area contributed by atoms with Gasteiger partial charge < -0.3 is 14.6 Å². The highest BCUT2D eigenvalue weighted by atomic mass is 16.5. The molecule has 1 aromatic heterocycles. The molecular formula is C12H16N2O2. The van der Waals surface area contributed by atoms with E-state index in [2.05, 4.69) is 10.5 Å². The zero-order chi connectivity index (χ0) is 11.4. The minimum Gasteiger partial charge on any atom is -0.497 e. The second kappa shape index (κ2) is 4.99. The lowest BCUT2D eigenvalue weighted by Crippen LogP contribution is -2.08. The zero-order valence-corrected chi connectivity index (χ0v) is 9.62. The summed E-state index contributed by atoms with van der Waals surface area (Å²) >= 11 is 0. The number of methoxy groups -OCH3 is 1. The van der Waals surface area contributed by atoms with E-state index in [0.29, 0.717) is 0 Å². The average Bonchev–Trinajstić information content (AvgIpc) is 2.72. The van der Waals surface area contributed by atoms with Gasteiger partial charge in [0.05, 0.1) is 7.11 Å². The average molecular weight is 220 g/mol. The number of fused-ring (bicyclic) bond motifs is 1. The molecule has 0 saturated heterocycles. The molecule has 1 N–H and O–H groups in total. The molecule has 2 rings (SSSR count). The van der Waals surface area contributed by atoms with Gasteiger partial charge in [0.15, 0.2) is 0 Å². The minimum atomic E-state index is 0.808. The molecule has 0 fully saturated rings. The SMILES string of the molecule is CNCCCc1onc2cc(OC)ccc12. The Hall–Kier alpha value is -1.55. The third-order valence-corrected chi connectivity index (χ3v) is 2.59. The molecule has 0 spiro atoms. The van der Waals surface area contributed by atoms with Crippen molar-refractivity contribution in [1.29, 1.82) is 0 Å². The van der Waals surface area contributed by atoms with Crippen molar-refractivity contribution in [1.82, 2.24) is 10.5 Å². The first-order valence-electron chi connectivity index (χ1n) is 5.42. The molecule has 0 aliphatic carbocycles. The summed E-state index contributed by atoms with van der Waals surface area (Å²) < 4.78 is 10.5. The van der Waals surface area contributed by atoms with Crippen LogP contribution in [0.5, 0.6) is 5.75 Å². The summed E-state index contributed by atoms with van der Waals surface area (Å²) in [5, 5.41) is 8.23. The molecule has 0 bridgehead atoms. The fourth-order valence-corrected chi connectivity index (χ4v) is 1.71. The fraction of sp³-hybridized carbons (Fsp3) is 0.417. The van der Waals surface area contributed by atoms with E-state index in [1.54, 1.807) is 7.11 Å². The summed E-state index contributed by atoms with van der Waals surface area (Å²) in [7, 11) is 3.60. The molecular weight excluding hydrogens is 204 g/mol. The third-order valence-electron chi connectivity index (χ3n) is 2.59. The first kappa shape index (κ1) is 11.0. The van der Waals surface area contributed by atoms with Crippen LogP contribution in [0.25, 0.3) is 10.9 Å². The number of ether oxygens (including phenoxy) is 1. The van der Waals surface area contributed by atoms with Gasteiger partial charge in [-0.05, 0) is 32.1 Å². The molecule has 1 aromatic carbocycles. The highest BCUT2D eigenvalue weighted by Gasteiger charge is 2.08. The Morgan fingerprint density at radius 2 is 2.31 bits per heavy atom. The number of aromatic nitrogens is 1. The predicted molar refractivity (Wildman–Crippen MR) is 62.8 cm³/mol. The number of aryl methyl sites for hydroxylation is 1. The summed E-state index contributed by atoms with van der Waals surface area (Å²) in [6, 6.07) is 5.82. The lowest BCUT2D eigenvalue weighted by atomic mass is 10.1. The number of nitrogens with one attached hydrogen (secondary N) is 1. The number of benzene rings is 1. The van der Waals surface area contributed by atoms with Crippen molar-refractivity contribution in [3.63, 3.8) is 0 Å². The van der Waals surface area contributed by atoms with E-state index in [9.17, 15) is 0 Å². The van der Waals surface area contributed by atoms with Crippen LogP contribution in [0.15, 0.2) is 22.7 Å². The van der Waals surface area contributed by atoms with Gasteiger partial charge >= 0.3 is 0 Å². The molecule has 4 nitrogen and oxygen atoms in total. The molecule has 4 heteroatoms. The predicted octanol–water partition coefficient (Wildman–Crippen LogP) is 1.99. The molecule has 0 aliphatic heterocycles. The number of hydrogen-bond acceptors (Lipinski definition) is 4. The Kier molecular flexibility index (Phi) is 3.41. The molecule has 1 heterocycles. The molecule has 2 aromatic rings. The maximum Gasteiger partial charge on any atom is 0.144 e. The highest BCUT2D eigenvalue weighted by Crippen LogP contribution is 2.23. The van der Waals surface area contributed by atoms with Gasteiger partial charge in [0.25, 0.3) is 0 Å². The minimum absolute atomic E-state index is 0.808. The number of rotatable bonds is 5. The Morgan fingerprint density at radius 3 is 3.06 bits per heavy atom. The molecule has 16 heavy (non-hydrogen) atoms. The van der Waals surface area contributed by atoms with Crippen molar-refractivity contribution in [2.24, 2.45) is 0 Å². The number of hydrogen-bond donors (Lipinski definition) is 1. The lowest BCUT2D eigenvalue weighted by molar-refractivity contribution is 0.387. The summed E-state index contributed by atoms with van der Waals surface area (Å²) in [6.45, 7) is 0.984. The van der Waals surface area contributed by atoms with Crippen molar-refractivity contribution in [2.75, 3.05) is 20.7 Å². The second-order valence-electron chi connectivity index (χ2n) is 3.70. The van der Waals surface area contributed by atoms with Gasteiger partial charge in [0.1, 0.15) is 17.0 Å². The maximum absolute atomic E-state index is 5.33. The third kappa shape index (κ3) is 2.17. The van der Waals surface area contributed by atoms with Gasteiger partial charge in [0.2, 0.25) is 0 Å². The summed E-state index contributed by atoms with van der Waals surface area (Å²) in [4.78, 5) is 0. The van der Waals surface area contributed by atoms with Crippen molar-refractivity contribution in [2.45, 2.75) is 12.8 Å². The van der Waals surface area contributed by atoms with Crippen LogP contribution >= 0.6 is 0 Å². The molecule has 0 saturated carbocycles. The van der Waals surface area contributed by atoms with Crippen LogP contribution in [0.1, 0.15) is 12.2 Å². The first-order valence-corrected chi connectivity index (χ1v) is 5.42. The van der Waals surface area contributed by atoms with E-state index >= 15 is 0 Å². The van der Waals surface area contributed by atoms with Crippen LogP contribution in [0, 0.1) is 0 Å². The van der Waals surface area contributed by atoms with Gasteiger partial charge in [-0.1, -0.05) is 5.16 Å². The summed E-state index contributed by atoms with van der Waals surface area (Å²) in [5.74, 6) is 1.76. The van der Waals surface area contributed by atoms with Gasteiger partial charge in [-0.2, -0.15) is 0 Å². The van der Waals surface area contributed by atoms with Gasteiger partial charge in [0, 0.05) is 17.9 Å². The maximum atomic E-state index is 5.33. The molecule has 86 valence electrons. The topological polar surface area (TPSA) is 47.3 Å². The fourth-order valence-electron chi connectivity index (χ4n) is 1.71. The van der Waals surface area contributed by atoms with Crippen molar-refractivity contribution >= 4 is 10.9 Å². The first-order chi connectivity index (χ1) is 7.85. The Morgan fingerprint density at radius 1 is 1.44 bits per heavy atom. The standard InChI is InChI=1S/C12H16N2O2/c1-13-7-3-4-12-10-6-5-9(15-2)8-11(10)14-16-12/h5-6,8,13H,3-4,7H2,1-2H3. The molecule has 0 aliphatic rings. The van der Waals surface area contributed by atoms with E-state index in [-0.39, 0.29) is 0 Å². The van der Waals surface area contributed by atoms with Crippen LogP contribution in [-0.2, 0) is 6.42 Å².